The first kappa shape index (κ1) is 15.3. The van der Waals surface area contributed by atoms with Crippen molar-refractivity contribution in [2.75, 3.05) is 12.4 Å². The summed E-state index contributed by atoms with van der Waals surface area (Å²) in [5.74, 6) is 0.774. The maximum absolute atomic E-state index is 11.6. The Hall–Kier alpha value is -0.730. The summed E-state index contributed by atoms with van der Waals surface area (Å²) in [5, 5.41) is 3.58. The highest BCUT2D eigenvalue weighted by atomic mass is 35.5. The average molecular weight is 288 g/mol. The Labute approximate surface area is 119 Å². The van der Waals surface area contributed by atoms with E-state index in [1.165, 1.54) is 0 Å². The van der Waals surface area contributed by atoms with Gasteiger partial charge in [0, 0.05) is 17.4 Å². The first-order chi connectivity index (χ1) is 8.72. The number of alkyl halides is 1. The van der Waals surface area contributed by atoms with Crippen molar-refractivity contribution in [3.05, 3.63) is 34.9 Å². The average Bonchev–Trinajstić information content (AvgIpc) is 2.33. The lowest BCUT2D eigenvalue weighted by atomic mass is 10.1. The van der Waals surface area contributed by atoms with Gasteiger partial charge in [0.25, 0.3) is 0 Å². The summed E-state index contributed by atoms with van der Waals surface area (Å²) < 4.78 is 0. The molecular weight excluding hydrogens is 269 g/mol. The maximum atomic E-state index is 11.6. The Kier molecular flexibility index (Phi) is 7.86. The van der Waals surface area contributed by atoms with E-state index in [1.54, 1.807) is 6.07 Å². The zero-order valence-electron chi connectivity index (χ0n) is 10.4. The molecule has 0 aliphatic heterocycles. The molecule has 0 saturated heterocycles. The van der Waals surface area contributed by atoms with E-state index in [2.05, 4.69) is 5.32 Å². The second kappa shape index (κ2) is 9.23. The van der Waals surface area contributed by atoms with Crippen LogP contribution in [0.4, 0.5) is 0 Å². The van der Waals surface area contributed by atoms with Crippen molar-refractivity contribution in [3.8, 4) is 0 Å². The van der Waals surface area contributed by atoms with Crippen LogP contribution in [-0.4, -0.2) is 18.3 Å². The third-order valence-electron chi connectivity index (χ3n) is 2.64. The van der Waals surface area contributed by atoms with Gasteiger partial charge in [0.1, 0.15) is 0 Å². The normalized spacial score (nSPS) is 10.3. The molecule has 1 amide bonds. The van der Waals surface area contributed by atoms with E-state index in [-0.39, 0.29) is 5.91 Å². The lowest BCUT2D eigenvalue weighted by molar-refractivity contribution is -0.120. The van der Waals surface area contributed by atoms with E-state index in [0.717, 1.165) is 43.7 Å². The summed E-state index contributed by atoms with van der Waals surface area (Å²) in [6.45, 7) is 0.738. The highest BCUT2D eigenvalue weighted by Crippen LogP contribution is 2.10. The zero-order valence-corrected chi connectivity index (χ0v) is 11.9. The van der Waals surface area contributed by atoms with Crippen molar-refractivity contribution < 1.29 is 4.79 Å². The maximum Gasteiger partial charge on any atom is 0.224 e. The highest BCUT2D eigenvalue weighted by Gasteiger charge is 2.02. The summed E-state index contributed by atoms with van der Waals surface area (Å²) in [7, 11) is 0. The fourth-order valence-corrected chi connectivity index (χ4v) is 2.10. The van der Waals surface area contributed by atoms with Crippen LogP contribution >= 0.6 is 23.2 Å². The van der Waals surface area contributed by atoms with Gasteiger partial charge in [-0.1, -0.05) is 36.6 Å². The lowest BCUT2D eigenvalue weighted by Crippen LogP contribution is -2.26. The van der Waals surface area contributed by atoms with Gasteiger partial charge in [0.2, 0.25) is 5.91 Å². The number of carbonyl (C=O) groups excluding carboxylic acids is 1. The summed E-state index contributed by atoms with van der Waals surface area (Å²) in [6.07, 6.45) is 4.70. The SMILES string of the molecule is O=C(Cc1cccc(Cl)c1)NCCCCCCCl. The largest absolute Gasteiger partial charge is 0.356 e. The summed E-state index contributed by atoms with van der Waals surface area (Å²) in [5.41, 5.74) is 0.946. The minimum atomic E-state index is 0.0506. The Morgan fingerprint density at radius 1 is 1.17 bits per heavy atom. The summed E-state index contributed by atoms with van der Waals surface area (Å²) in [6, 6.07) is 7.39. The molecule has 0 fully saturated rings. The van der Waals surface area contributed by atoms with Crippen LogP contribution in [0.3, 0.4) is 0 Å². The van der Waals surface area contributed by atoms with Crippen LogP contribution in [0.5, 0.6) is 0 Å². The number of amides is 1. The van der Waals surface area contributed by atoms with Crippen LogP contribution in [0.1, 0.15) is 31.2 Å². The van der Waals surface area contributed by atoms with Crippen LogP contribution in [0, 0.1) is 0 Å². The quantitative estimate of drug-likeness (QED) is 0.572. The van der Waals surface area contributed by atoms with E-state index in [0.29, 0.717) is 11.4 Å². The van der Waals surface area contributed by atoms with Crippen molar-refractivity contribution in [1.82, 2.24) is 5.32 Å². The second-order valence-corrected chi connectivity index (χ2v) is 5.07. The number of hydrogen-bond acceptors (Lipinski definition) is 1. The zero-order chi connectivity index (χ0) is 13.2. The number of halogens is 2. The third-order valence-corrected chi connectivity index (χ3v) is 3.14. The van der Waals surface area contributed by atoms with Gasteiger partial charge in [-0.25, -0.2) is 0 Å². The summed E-state index contributed by atoms with van der Waals surface area (Å²) in [4.78, 5) is 11.6. The molecule has 1 aromatic carbocycles. The lowest BCUT2D eigenvalue weighted by Gasteiger charge is -2.05. The topological polar surface area (TPSA) is 29.1 Å². The van der Waals surface area contributed by atoms with Crippen LogP contribution in [0.2, 0.25) is 5.02 Å². The first-order valence-electron chi connectivity index (χ1n) is 6.29. The van der Waals surface area contributed by atoms with Crippen molar-refractivity contribution >= 4 is 29.1 Å². The van der Waals surface area contributed by atoms with E-state index in [4.69, 9.17) is 23.2 Å². The molecule has 0 saturated carbocycles. The Morgan fingerprint density at radius 2 is 1.94 bits per heavy atom. The molecule has 0 aromatic heterocycles. The number of benzene rings is 1. The molecule has 4 heteroatoms. The van der Waals surface area contributed by atoms with E-state index in [9.17, 15) is 4.79 Å². The number of hydrogen-bond donors (Lipinski definition) is 1. The van der Waals surface area contributed by atoms with Crippen molar-refractivity contribution in [2.45, 2.75) is 32.1 Å². The van der Waals surface area contributed by atoms with Gasteiger partial charge in [0.15, 0.2) is 0 Å². The molecule has 1 aromatic rings. The Bertz CT molecular complexity index is 369. The standard InChI is InChI=1S/C14H19Cl2NO/c15-8-3-1-2-4-9-17-14(18)11-12-6-5-7-13(16)10-12/h5-7,10H,1-4,8-9,11H2,(H,17,18). The molecule has 0 atom stereocenters. The van der Waals surface area contributed by atoms with Gasteiger partial charge < -0.3 is 5.32 Å². The molecule has 0 spiro atoms. The molecule has 1 rings (SSSR count). The highest BCUT2D eigenvalue weighted by molar-refractivity contribution is 6.30. The van der Waals surface area contributed by atoms with Crippen molar-refractivity contribution in [1.29, 1.82) is 0 Å². The summed E-state index contributed by atoms with van der Waals surface area (Å²) >= 11 is 11.4. The minimum Gasteiger partial charge on any atom is -0.356 e. The molecule has 0 unspecified atom stereocenters. The van der Waals surface area contributed by atoms with Crippen LogP contribution < -0.4 is 5.32 Å². The van der Waals surface area contributed by atoms with Gasteiger partial charge in [-0.15, -0.1) is 11.6 Å². The van der Waals surface area contributed by atoms with Crippen LogP contribution in [0.25, 0.3) is 0 Å². The van der Waals surface area contributed by atoms with E-state index >= 15 is 0 Å². The third kappa shape index (κ3) is 6.87. The van der Waals surface area contributed by atoms with Crippen LogP contribution in [-0.2, 0) is 11.2 Å². The molecular formula is C14H19Cl2NO. The van der Waals surface area contributed by atoms with Gasteiger partial charge in [-0.3, -0.25) is 4.79 Å². The number of nitrogens with one attached hydrogen (secondary N) is 1. The van der Waals surface area contributed by atoms with E-state index < -0.39 is 0 Å². The molecule has 0 heterocycles. The van der Waals surface area contributed by atoms with Crippen LogP contribution in [0.15, 0.2) is 24.3 Å². The molecule has 1 N–H and O–H groups in total. The minimum absolute atomic E-state index is 0.0506. The van der Waals surface area contributed by atoms with Gasteiger partial charge in [0.05, 0.1) is 6.42 Å². The second-order valence-electron chi connectivity index (χ2n) is 4.26. The number of carbonyl (C=O) groups is 1. The number of unbranched alkanes of at least 4 members (excludes halogenated alkanes) is 3. The van der Waals surface area contributed by atoms with Gasteiger partial charge in [-0.2, -0.15) is 0 Å². The van der Waals surface area contributed by atoms with Crippen molar-refractivity contribution in [2.24, 2.45) is 0 Å². The Morgan fingerprint density at radius 3 is 2.67 bits per heavy atom. The Balaban J connectivity index is 2.14. The van der Waals surface area contributed by atoms with Crippen molar-refractivity contribution in [3.63, 3.8) is 0 Å². The predicted molar refractivity (Wildman–Crippen MR) is 77.4 cm³/mol. The smallest absolute Gasteiger partial charge is 0.224 e. The monoisotopic (exact) mass is 287 g/mol. The molecule has 0 aliphatic carbocycles. The fraction of sp³-hybridized carbons (Fsp3) is 0.500. The first-order valence-corrected chi connectivity index (χ1v) is 7.20. The molecule has 2 nitrogen and oxygen atoms in total. The molecule has 0 bridgehead atoms. The molecule has 0 aliphatic rings. The van der Waals surface area contributed by atoms with E-state index in [1.807, 2.05) is 18.2 Å². The van der Waals surface area contributed by atoms with Gasteiger partial charge >= 0.3 is 0 Å². The number of rotatable bonds is 8. The van der Waals surface area contributed by atoms with Gasteiger partial charge in [-0.05, 0) is 30.5 Å². The fourth-order valence-electron chi connectivity index (χ4n) is 1.70. The molecule has 100 valence electrons. The molecule has 18 heavy (non-hydrogen) atoms. The molecule has 0 radical (unpaired) electrons. The predicted octanol–water partition coefficient (Wildman–Crippen LogP) is 3.80.